The third-order valence-corrected chi connectivity index (χ3v) is 6.08. The molecule has 8 nitrogen and oxygen atoms in total. The fourth-order valence-corrected chi connectivity index (χ4v) is 4.30. The molecule has 0 bridgehead atoms. The van der Waals surface area contributed by atoms with Crippen LogP contribution in [-0.2, 0) is 14.4 Å². The maximum atomic E-state index is 13.3. The summed E-state index contributed by atoms with van der Waals surface area (Å²) < 4.78 is 10.6. The monoisotopic (exact) mass is 506 g/mol. The lowest BCUT2D eigenvalue weighted by Crippen LogP contribution is -2.29. The van der Waals surface area contributed by atoms with Crippen molar-refractivity contribution in [1.29, 1.82) is 0 Å². The quantitative estimate of drug-likeness (QED) is 0.279. The summed E-state index contributed by atoms with van der Waals surface area (Å²) in [5, 5.41) is 14.2. The summed E-state index contributed by atoms with van der Waals surface area (Å²) in [5.41, 5.74) is 1.50. The molecule has 4 rings (SSSR count). The molecule has 36 heavy (non-hydrogen) atoms. The van der Waals surface area contributed by atoms with Crippen molar-refractivity contribution in [3.8, 4) is 11.5 Å². The zero-order valence-corrected chi connectivity index (χ0v) is 20.5. The van der Waals surface area contributed by atoms with Crippen molar-refractivity contribution in [3.63, 3.8) is 0 Å². The van der Waals surface area contributed by atoms with E-state index in [1.54, 1.807) is 54.6 Å². The molecule has 9 heteroatoms. The SMILES string of the molecule is COc1cccc(C2/C(=C(\O)c3cc(OC)ccc3Cl)C(=O)C(=O)N2c2ccc(NC(C)=O)cc2)c1. The van der Waals surface area contributed by atoms with E-state index in [1.165, 1.54) is 38.2 Å². The highest BCUT2D eigenvalue weighted by molar-refractivity contribution is 6.52. The molecular formula is C27H23ClN2O6. The standard InChI is InChI=1S/C27H23ClN2O6/c1-15(31)29-17-7-9-18(10-8-17)30-24(16-5-4-6-19(13-16)35-2)23(26(33)27(30)34)25(32)21-14-20(36-3)11-12-22(21)28/h4-14,24,32H,1-3H3,(H,29,31)/b25-23+. The summed E-state index contributed by atoms with van der Waals surface area (Å²) >= 11 is 6.35. The van der Waals surface area contributed by atoms with Gasteiger partial charge < -0.3 is 19.9 Å². The molecule has 1 aliphatic rings. The first-order valence-corrected chi connectivity index (χ1v) is 11.3. The number of benzene rings is 3. The molecule has 2 amide bonds. The van der Waals surface area contributed by atoms with Gasteiger partial charge in [0.05, 0.1) is 30.9 Å². The van der Waals surface area contributed by atoms with E-state index < -0.39 is 23.5 Å². The van der Waals surface area contributed by atoms with E-state index in [1.807, 2.05) is 0 Å². The Bertz CT molecular complexity index is 1380. The van der Waals surface area contributed by atoms with Gasteiger partial charge in [0.15, 0.2) is 0 Å². The Kier molecular flexibility index (Phi) is 6.98. The van der Waals surface area contributed by atoms with Crippen LogP contribution >= 0.6 is 11.6 Å². The van der Waals surface area contributed by atoms with Crippen molar-refractivity contribution in [2.75, 3.05) is 24.4 Å². The number of rotatable bonds is 6. The number of amides is 2. The second-order valence-electron chi connectivity index (χ2n) is 8.02. The lowest BCUT2D eigenvalue weighted by atomic mass is 9.95. The first-order valence-electron chi connectivity index (χ1n) is 10.9. The van der Waals surface area contributed by atoms with Crippen LogP contribution in [0.4, 0.5) is 11.4 Å². The van der Waals surface area contributed by atoms with Crippen LogP contribution in [-0.4, -0.2) is 36.9 Å². The minimum absolute atomic E-state index is 0.130. The predicted octanol–water partition coefficient (Wildman–Crippen LogP) is 4.94. The average Bonchev–Trinajstić information content (AvgIpc) is 3.14. The van der Waals surface area contributed by atoms with Gasteiger partial charge in [-0.05, 0) is 60.2 Å². The third kappa shape index (κ3) is 4.63. The number of nitrogens with zero attached hydrogens (tertiary/aromatic N) is 1. The van der Waals surface area contributed by atoms with Crippen molar-refractivity contribution >= 4 is 46.3 Å². The number of hydrogen-bond donors (Lipinski definition) is 2. The average molecular weight is 507 g/mol. The predicted molar refractivity (Wildman–Crippen MR) is 137 cm³/mol. The van der Waals surface area contributed by atoms with E-state index in [0.717, 1.165) is 0 Å². The Morgan fingerprint density at radius 2 is 1.64 bits per heavy atom. The van der Waals surface area contributed by atoms with Gasteiger partial charge >= 0.3 is 0 Å². The molecule has 3 aromatic carbocycles. The number of methoxy groups -OCH3 is 2. The Balaban J connectivity index is 1.92. The van der Waals surface area contributed by atoms with Crippen molar-refractivity contribution in [2.24, 2.45) is 0 Å². The first kappa shape index (κ1) is 24.8. The van der Waals surface area contributed by atoms with E-state index in [-0.39, 0.29) is 22.1 Å². The number of ketones is 1. The number of halogens is 1. The Labute approximate surface area is 212 Å². The van der Waals surface area contributed by atoms with Crippen LogP contribution in [0.2, 0.25) is 5.02 Å². The lowest BCUT2D eigenvalue weighted by molar-refractivity contribution is -0.132. The molecule has 1 fully saturated rings. The number of carbonyl (C=O) groups is 3. The molecule has 0 spiro atoms. The van der Waals surface area contributed by atoms with Gasteiger partial charge in [-0.25, -0.2) is 0 Å². The summed E-state index contributed by atoms with van der Waals surface area (Å²) in [5.74, 6) is -1.43. The van der Waals surface area contributed by atoms with Gasteiger partial charge in [0.2, 0.25) is 5.91 Å². The zero-order chi connectivity index (χ0) is 26.0. The van der Waals surface area contributed by atoms with Gasteiger partial charge in [-0.1, -0.05) is 23.7 Å². The van der Waals surface area contributed by atoms with Gasteiger partial charge in [-0.15, -0.1) is 0 Å². The van der Waals surface area contributed by atoms with E-state index in [9.17, 15) is 19.5 Å². The van der Waals surface area contributed by atoms with E-state index in [0.29, 0.717) is 28.4 Å². The van der Waals surface area contributed by atoms with E-state index in [4.69, 9.17) is 21.1 Å². The molecule has 0 radical (unpaired) electrons. The summed E-state index contributed by atoms with van der Waals surface area (Å²) in [6.07, 6.45) is 0. The Morgan fingerprint density at radius 3 is 2.28 bits per heavy atom. The van der Waals surface area contributed by atoms with Crippen LogP contribution < -0.4 is 19.7 Å². The van der Waals surface area contributed by atoms with Crippen LogP contribution in [0.1, 0.15) is 24.1 Å². The molecule has 3 aromatic rings. The number of Topliss-reactive ketones (excluding diaryl/α,β-unsaturated/α-hetero) is 1. The largest absolute Gasteiger partial charge is 0.507 e. The fraction of sp³-hybridized carbons (Fsp3) is 0.148. The zero-order valence-electron chi connectivity index (χ0n) is 19.7. The molecule has 1 heterocycles. The van der Waals surface area contributed by atoms with Gasteiger partial charge in [0, 0.05) is 23.9 Å². The van der Waals surface area contributed by atoms with Crippen LogP contribution in [0.5, 0.6) is 11.5 Å². The molecular weight excluding hydrogens is 484 g/mol. The summed E-state index contributed by atoms with van der Waals surface area (Å²) in [6.45, 7) is 1.39. The normalized spacial score (nSPS) is 16.7. The molecule has 184 valence electrons. The molecule has 0 aromatic heterocycles. The minimum atomic E-state index is -0.978. The Hall–Kier alpha value is -4.30. The molecule has 1 unspecified atom stereocenters. The summed E-state index contributed by atoms with van der Waals surface area (Å²) in [6, 6.07) is 17.0. The molecule has 0 aliphatic carbocycles. The summed E-state index contributed by atoms with van der Waals surface area (Å²) in [7, 11) is 2.97. The minimum Gasteiger partial charge on any atom is -0.507 e. The van der Waals surface area contributed by atoms with Crippen LogP contribution in [0.25, 0.3) is 5.76 Å². The van der Waals surface area contributed by atoms with E-state index in [2.05, 4.69) is 5.32 Å². The van der Waals surface area contributed by atoms with Gasteiger partial charge in [0.1, 0.15) is 17.3 Å². The number of aliphatic hydroxyl groups is 1. The number of nitrogens with one attached hydrogen (secondary N) is 1. The van der Waals surface area contributed by atoms with Crippen LogP contribution in [0.3, 0.4) is 0 Å². The molecule has 1 atom stereocenters. The molecule has 2 N–H and O–H groups in total. The first-order chi connectivity index (χ1) is 17.2. The van der Waals surface area contributed by atoms with Crippen molar-refractivity contribution in [1.82, 2.24) is 0 Å². The van der Waals surface area contributed by atoms with Crippen molar-refractivity contribution in [2.45, 2.75) is 13.0 Å². The van der Waals surface area contributed by atoms with Crippen molar-refractivity contribution < 1.29 is 29.0 Å². The molecule has 1 saturated heterocycles. The maximum Gasteiger partial charge on any atom is 0.300 e. The maximum absolute atomic E-state index is 13.3. The highest BCUT2D eigenvalue weighted by Crippen LogP contribution is 2.44. The lowest BCUT2D eigenvalue weighted by Gasteiger charge is -2.26. The Morgan fingerprint density at radius 1 is 0.972 bits per heavy atom. The highest BCUT2D eigenvalue weighted by Gasteiger charge is 2.47. The molecule has 1 aliphatic heterocycles. The number of ether oxygens (including phenoxy) is 2. The van der Waals surface area contributed by atoms with Crippen LogP contribution in [0.15, 0.2) is 72.3 Å². The number of aliphatic hydroxyl groups excluding tert-OH is 1. The molecule has 0 saturated carbocycles. The van der Waals surface area contributed by atoms with Gasteiger partial charge in [-0.2, -0.15) is 0 Å². The fourth-order valence-electron chi connectivity index (χ4n) is 4.09. The number of anilines is 2. The second-order valence-corrected chi connectivity index (χ2v) is 8.43. The smallest absolute Gasteiger partial charge is 0.300 e. The topological polar surface area (TPSA) is 105 Å². The summed E-state index contributed by atoms with van der Waals surface area (Å²) in [4.78, 5) is 39.4. The van der Waals surface area contributed by atoms with Gasteiger partial charge in [-0.3, -0.25) is 19.3 Å². The number of hydrogen-bond acceptors (Lipinski definition) is 6. The van der Waals surface area contributed by atoms with Crippen molar-refractivity contribution in [3.05, 3.63) is 88.5 Å². The second kappa shape index (κ2) is 10.1. The third-order valence-electron chi connectivity index (χ3n) is 5.75. The number of carbonyl (C=O) groups excluding carboxylic acids is 3. The van der Waals surface area contributed by atoms with Crippen LogP contribution in [0, 0.1) is 0 Å². The highest BCUT2D eigenvalue weighted by atomic mass is 35.5. The van der Waals surface area contributed by atoms with E-state index >= 15 is 0 Å². The van der Waals surface area contributed by atoms with Gasteiger partial charge in [0.25, 0.3) is 11.7 Å².